The topological polar surface area (TPSA) is 43.4 Å². The van der Waals surface area contributed by atoms with Gasteiger partial charge in [0.1, 0.15) is 5.60 Å². The Labute approximate surface area is 143 Å². The van der Waals surface area contributed by atoms with Crippen molar-refractivity contribution in [3.8, 4) is 0 Å². The number of carbonyl (C=O) groups is 2. The van der Waals surface area contributed by atoms with Gasteiger partial charge in [-0.2, -0.15) is 0 Å². The van der Waals surface area contributed by atoms with Gasteiger partial charge in [-0.3, -0.25) is 9.59 Å². The van der Waals surface area contributed by atoms with Crippen LogP contribution in [0.2, 0.25) is 19.6 Å². The molecule has 0 fully saturated rings. The summed E-state index contributed by atoms with van der Waals surface area (Å²) in [4.78, 5) is 25.8. The molecule has 0 saturated heterocycles. The Balaban J connectivity index is 1.96. The van der Waals surface area contributed by atoms with Crippen molar-refractivity contribution >= 4 is 31.5 Å². The van der Waals surface area contributed by atoms with Gasteiger partial charge in [0, 0.05) is 5.57 Å². The van der Waals surface area contributed by atoms with Gasteiger partial charge in [-0.05, 0) is 62.3 Å². The molecule has 124 valence electrons. The zero-order chi connectivity index (χ0) is 17.7. The molecule has 0 radical (unpaired) electrons. The molecule has 0 aromatic heterocycles. The normalized spacial score (nSPS) is 16.9. The number of Topliss-reactive ketones (excluding diaryl/α,β-unsaturated/α-hetero) is 2. The third-order valence-corrected chi connectivity index (χ3v) is 5.22. The predicted molar refractivity (Wildman–Crippen MR) is 99.0 cm³/mol. The summed E-state index contributed by atoms with van der Waals surface area (Å²) in [5.74, 6) is -0.456. The highest BCUT2D eigenvalue weighted by molar-refractivity contribution is 6.70. The molecule has 0 N–H and O–H groups in total. The van der Waals surface area contributed by atoms with Crippen LogP contribution in [0.5, 0.6) is 0 Å². The molecule has 1 aromatic carbocycles. The Hall–Kier alpha value is -2.04. The number of carbonyl (C=O) groups excluding carboxylic acids is 2. The molecule has 0 amide bonds. The van der Waals surface area contributed by atoms with E-state index in [9.17, 15) is 9.59 Å². The highest BCUT2D eigenvalue weighted by atomic mass is 28.4. The molecule has 0 atom stereocenters. The summed E-state index contributed by atoms with van der Waals surface area (Å²) >= 11 is 0. The van der Waals surface area contributed by atoms with Crippen molar-refractivity contribution < 1.29 is 14.0 Å². The van der Waals surface area contributed by atoms with Crippen LogP contribution in [0.25, 0.3) is 11.6 Å². The zero-order valence-corrected chi connectivity index (χ0v) is 15.8. The van der Waals surface area contributed by atoms with Gasteiger partial charge in [-0.15, -0.1) is 0 Å². The first-order valence-electron chi connectivity index (χ1n) is 8.13. The Bertz CT molecular complexity index is 833. The van der Waals surface area contributed by atoms with E-state index in [-0.39, 0.29) is 17.1 Å². The molecule has 0 unspecified atom stereocenters. The van der Waals surface area contributed by atoms with E-state index in [0.29, 0.717) is 5.57 Å². The van der Waals surface area contributed by atoms with Crippen molar-refractivity contribution in [3.05, 3.63) is 58.7 Å². The molecular formula is C20H22O3Si. The summed E-state index contributed by atoms with van der Waals surface area (Å²) < 4.78 is 6.02. The SMILES string of the molecule is CC(C)(O[Si](C)(C)C)C(=O)C1=CC=C2C(=Cc3ccccc32)C1=O. The van der Waals surface area contributed by atoms with Gasteiger partial charge in [-0.1, -0.05) is 30.3 Å². The maximum Gasteiger partial charge on any atom is 0.197 e. The fourth-order valence-corrected chi connectivity index (χ4v) is 4.94. The Kier molecular flexibility index (Phi) is 3.85. The van der Waals surface area contributed by atoms with Crippen LogP contribution in [-0.2, 0) is 14.0 Å². The van der Waals surface area contributed by atoms with Crippen LogP contribution in [0.4, 0.5) is 0 Å². The molecule has 0 spiro atoms. The Morgan fingerprint density at radius 1 is 1.04 bits per heavy atom. The van der Waals surface area contributed by atoms with E-state index >= 15 is 0 Å². The Morgan fingerprint density at radius 2 is 1.71 bits per heavy atom. The summed E-state index contributed by atoms with van der Waals surface area (Å²) in [5.41, 5.74) is 2.78. The zero-order valence-electron chi connectivity index (χ0n) is 14.8. The summed E-state index contributed by atoms with van der Waals surface area (Å²) in [7, 11) is -1.91. The maximum absolute atomic E-state index is 12.9. The highest BCUT2D eigenvalue weighted by Crippen LogP contribution is 2.40. The molecule has 1 aromatic rings. The van der Waals surface area contributed by atoms with Crippen LogP contribution in [0, 0.1) is 0 Å². The molecular weight excluding hydrogens is 316 g/mol. The van der Waals surface area contributed by atoms with Gasteiger partial charge in [0.25, 0.3) is 0 Å². The lowest BCUT2D eigenvalue weighted by atomic mass is 9.85. The van der Waals surface area contributed by atoms with E-state index in [1.54, 1.807) is 19.9 Å². The number of allylic oxidation sites excluding steroid dienone is 4. The van der Waals surface area contributed by atoms with E-state index in [4.69, 9.17) is 4.43 Å². The molecule has 4 heteroatoms. The lowest BCUT2D eigenvalue weighted by Gasteiger charge is -2.32. The molecule has 3 rings (SSSR count). The molecule has 24 heavy (non-hydrogen) atoms. The summed E-state index contributed by atoms with van der Waals surface area (Å²) in [6.07, 6.45) is 5.39. The minimum atomic E-state index is -1.91. The molecule has 0 heterocycles. The molecule has 0 aliphatic heterocycles. The van der Waals surface area contributed by atoms with Crippen molar-refractivity contribution in [1.29, 1.82) is 0 Å². The third kappa shape index (κ3) is 2.87. The van der Waals surface area contributed by atoms with E-state index in [2.05, 4.69) is 0 Å². The van der Waals surface area contributed by atoms with Crippen molar-refractivity contribution in [3.63, 3.8) is 0 Å². The first kappa shape index (κ1) is 16.8. The monoisotopic (exact) mass is 338 g/mol. The predicted octanol–water partition coefficient (Wildman–Crippen LogP) is 4.18. The average molecular weight is 338 g/mol. The summed E-state index contributed by atoms with van der Waals surface area (Å²) in [6.45, 7) is 9.60. The first-order chi connectivity index (χ1) is 11.1. The van der Waals surface area contributed by atoms with Gasteiger partial charge >= 0.3 is 0 Å². The van der Waals surface area contributed by atoms with Crippen LogP contribution in [0.1, 0.15) is 25.0 Å². The second-order valence-electron chi connectivity index (χ2n) is 7.69. The van der Waals surface area contributed by atoms with Crippen LogP contribution >= 0.6 is 0 Å². The summed E-state index contributed by atoms with van der Waals surface area (Å²) in [6, 6.07) is 7.88. The molecule has 2 aliphatic rings. The van der Waals surface area contributed by atoms with Gasteiger partial charge in [0.05, 0.1) is 5.57 Å². The second kappa shape index (κ2) is 5.50. The first-order valence-corrected chi connectivity index (χ1v) is 11.5. The summed E-state index contributed by atoms with van der Waals surface area (Å²) in [5, 5.41) is 0. The average Bonchev–Trinajstić information content (AvgIpc) is 2.84. The van der Waals surface area contributed by atoms with Crippen LogP contribution in [0.3, 0.4) is 0 Å². The van der Waals surface area contributed by atoms with E-state index in [1.165, 1.54) is 0 Å². The fourth-order valence-electron chi connectivity index (χ4n) is 3.32. The lowest BCUT2D eigenvalue weighted by molar-refractivity contribution is -0.130. The smallest absolute Gasteiger partial charge is 0.197 e. The third-order valence-electron chi connectivity index (χ3n) is 4.10. The lowest BCUT2D eigenvalue weighted by Crippen LogP contribution is -2.46. The van der Waals surface area contributed by atoms with E-state index < -0.39 is 13.9 Å². The van der Waals surface area contributed by atoms with Crippen LogP contribution < -0.4 is 0 Å². The molecule has 0 bridgehead atoms. The van der Waals surface area contributed by atoms with Gasteiger partial charge < -0.3 is 4.43 Å². The number of hydrogen-bond acceptors (Lipinski definition) is 3. The maximum atomic E-state index is 12.9. The van der Waals surface area contributed by atoms with Gasteiger partial charge in [0.15, 0.2) is 19.9 Å². The van der Waals surface area contributed by atoms with Crippen molar-refractivity contribution in [1.82, 2.24) is 0 Å². The second-order valence-corrected chi connectivity index (χ2v) is 12.1. The van der Waals surface area contributed by atoms with Gasteiger partial charge in [0.2, 0.25) is 0 Å². The van der Waals surface area contributed by atoms with Crippen LogP contribution in [0.15, 0.2) is 47.6 Å². The van der Waals surface area contributed by atoms with E-state index in [1.807, 2.05) is 56.1 Å². The quantitative estimate of drug-likeness (QED) is 0.611. The number of benzene rings is 1. The molecule has 3 nitrogen and oxygen atoms in total. The highest BCUT2D eigenvalue weighted by Gasteiger charge is 2.40. The molecule has 2 aliphatic carbocycles. The number of ketones is 2. The number of rotatable bonds is 4. The standard InChI is InChI=1S/C20H22O3Si/c1-20(2,23-24(3,4)5)19(22)16-11-10-15-14-9-7-6-8-13(14)12-17(15)18(16)21/h6-12H,1-5H3. The van der Waals surface area contributed by atoms with Crippen molar-refractivity contribution in [2.45, 2.75) is 39.1 Å². The minimum Gasteiger partial charge on any atom is -0.405 e. The van der Waals surface area contributed by atoms with Gasteiger partial charge in [-0.25, -0.2) is 0 Å². The van der Waals surface area contributed by atoms with Crippen LogP contribution in [-0.4, -0.2) is 25.5 Å². The minimum absolute atomic E-state index is 0.207. The van der Waals surface area contributed by atoms with Crippen molar-refractivity contribution in [2.24, 2.45) is 0 Å². The van der Waals surface area contributed by atoms with E-state index in [0.717, 1.165) is 16.7 Å². The number of hydrogen-bond donors (Lipinski definition) is 0. The van der Waals surface area contributed by atoms with Crippen molar-refractivity contribution in [2.75, 3.05) is 0 Å². The Morgan fingerprint density at radius 3 is 2.38 bits per heavy atom. The molecule has 0 saturated carbocycles. The largest absolute Gasteiger partial charge is 0.405 e. The fraction of sp³-hybridized carbons (Fsp3) is 0.300. The number of fused-ring (bicyclic) bond motifs is 3.